The van der Waals surface area contributed by atoms with Crippen molar-refractivity contribution in [1.82, 2.24) is 24.7 Å². The van der Waals surface area contributed by atoms with Crippen LogP contribution in [0, 0.1) is 18.7 Å². The summed E-state index contributed by atoms with van der Waals surface area (Å²) >= 11 is 0. The second-order valence-electron chi connectivity index (χ2n) is 11.3. The molecule has 1 N–H and O–H groups in total. The number of imidazole rings is 1. The summed E-state index contributed by atoms with van der Waals surface area (Å²) in [7, 11) is 0. The second-order valence-corrected chi connectivity index (χ2v) is 11.3. The van der Waals surface area contributed by atoms with Crippen molar-refractivity contribution in [3.63, 3.8) is 0 Å². The Bertz CT molecular complexity index is 1320. The Morgan fingerprint density at radius 2 is 1.74 bits per heavy atom. The lowest BCUT2D eigenvalue weighted by atomic mass is 9.94. The SMILES string of the molecule is CC(=O)N1CC(C(=O)N[C@@H](CCN2[C@@H]3CC[C@H]2CC(n2c(C)nc4c(F)cccc42)C3)c2ccccc2)C1. The molecule has 4 heterocycles. The van der Waals surface area contributed by atoms with Crippen molar-refractivity contribution in [2.45, 2.75) is 70.1 Å². The molecule has 2 amide bonds. The first kappa shape index (κ1) is 25.0. The third-order valence-corrected chi connectivity index (χ3v) is 8.96. The number of likely N-dealkylation sites (tertiary alicyclic amines) is 1. The van der Waals surface area contributed by atoms with Gasteiger partial charge >= 0.3 is 0 Å². The minimum Gasteiger partial charge on any atom is -0.349 e. The van der Waals surface area contributed by atoms with Gasteiger partial charge in [0, 0.05) is 44.7 Å². The minimum absolute atomic E-state index is 0.0246. The summed E-state index contributed by atoms with van der Waals surface area (Å²) < 4.78 is 16.6. The number of rotatable bonds is 7. The summed E-state index contributed by atoms with van der Waals surface area (Å²) in [5, 5.41) is 3.30. The summed E-state index contributed by atoms with van der Waals surface area (Å²) in [6, 6.07) is 16.7. The van der Waals surface area contributed by atoms with E-state index in [1.165, 1.54) is 18.9 Å². The fraction of sp³-hybridized carbons (Fsp3) is 0.500. The van der Waals surface area contributed by atoms with Crippen molar-refractivity contribution in [3.05, 3.63) is 65.7 Å². The summed E-state index contributed by atoms with van der Waals surface area (Å²) in [6.07, 6.45) is 5.25. The lowest BCUT2D eigenvalue weighted by molar-refractivity contribution is -0.141. The highest BCUT2D eigenvalue weighted by Gasteiger charge is 2.42. The number of halogens is 1. The lowest BCUT2D eigenvalue weighted by Crippen LogP contribution is -2.55. The number of carbonyl (C=O) groups is 2. The van der Waals surface area contributed by atoms with Gasteiger partial charge in [0.05, 0.1) is 17.5 Å². The van der Waals surface area contributed by atoms with E-state index in [4.69, 9.17) is 0 Å². The van der Waals surface area contributed by atoms with Crippen LogP contribution in [0.5, 0.6) is 0 Å². The Balaban J connectivity index is 1.13. The fourth-order valence-corrected chi connectivity index (χ4v) is 6.96. The molecule has 1 unspecified atom stereocenters. The molecule has 2 bridgehead atoms. The van der Waals surface area contributed by atoms with E-state index >= 15 is 0 Å². The average molecular weight is 518 g/mol. The summed E-state index contributed by atoms with van der Waals surface area (Å²) in [5.74, 6) is 0.559. The van der Waals surface area contributed by atoms with E-state index in [-0.39, 0.29) is 29.6 Å². The van der Waals surface area contributed by atoms with E-state index in [9.17, 15) is 14.0 Å². The number of benzene rings is 2. The van der Waals surface area contributed by atoms with Crippen molar-refractivity contribution >= 4 is 22.8 Å². The number of nitrogens with one attached hydrogen (secondary N) is 1. The van der Waals surface area contributed by atoms with Crippen molar-refractivity contribution < 1.29 is 14.0 Å². The number of nitrogens with zero attached hydrogens (tertiary/aromatic N) is 4. The van der Waals surface area contributed by atoms with Gasteiger partial charge in [-0.2, -0.15) is 0 Å². The number of amides is 2. The zero-order valence-electron chi connectivity index (χ0n) is 22.1. The maximum absolute atomic E-state index is 14.4. The highest BCUT2D eigenvalue weighted by molar-refractivity contribution is 5.84. The first-order valence-corrected chi connectivity index (χ1v) is 13.9. The van der Waals surface area contributed by atoms with Gasteiger partial charge in [-0.05, 0) is 56.7 Å². The summed E-state index contributed by atoms with van der Waals surface area (Å²) in [4.78, 5) is 33.5. The van der Waals surface area contributed by atoms with E-state index in [1.54, 1.807) is 17.9 Å². The standard InChI is InChI=1S/C30H36FN5O2/c1-19-32-29-26(31)9-6-10-28(29)36(19)25-15-23-11-12-24(16-25)35(23)14-13-27(21-7-4-3-5-8-21)33-30(38)22-17-34(18-22)20(2)37/h3-10,22-25,27H,11-18H2,1-2H3,(H,33,38)/t23-,24+,25?,27-/m0/s1. The smallest absolute Gasteiger partial charge is 0.227 e. The van der Waals surface area contributed by atoms with Crippen LogP contribution >= 0.6 is 0 Å². The van der Waals surface area contributed by atoms with Crippen molar-refractivity contribution in [2.75, 3.05) is 19.6 Å². The summed E-state index contributed by atoms with van der Waals surface area (Å²) in [5.41, 5.74) is 2.49. The zero-order valence-corrected chi connectivity index (χ0v) is 22.1. The second kappa shape index (κ2) is 10.1. The molecule has 3 aromatic rings. The van der Waals surface area contributed by atoms with Crippen LogP contribution < -0.4 is 5.32 Å². The number of hydrogen-bond acceptors (Lipinski definition) is 4. The van der Waals surface area contributed by atoms with Crippen LogP contribution in [0.15, 0.2) is 48.5 Å². The van der Waals surface area contributed by atoms with Crippen LogP contribution in [-0.4, -0.2) is 62.9 Å². The average Bonchev–Trinajstić information content (AvgIpc) is 3.33. The molecule has 3 saturated heterocycles. The number of hydrogen-bond donors (Lipinski definition) is 1. The normalized spacial score (nSPS) is 24.4. The van der Waals surface area contributed by atoms with Crippen LogP contribution in [0.2, 0.25) is 0 Å². The molecule has 3 fully saturated rings. The van der Waals surface area contributed by atoms with Gasteiger partial charge in [-0.1, -0.05) is 36.4 Å². The largest absolute Gasteiger partial charge is 0.349 e. The van der Waals surface area contributed by atoms with Crippen LogP contribution in [-0.2, 0) is 9.59 Å². The first-order valence-electron chi connectivity index (χ1n) is 13.9. The van der Waals surface area contributed by atoms with Crippen molar-refractivity contribution in [3.8, 4) is 0 Å². The Hall–Kier alpha value is -3.26. The third-order valence-electron chi connectivity index (χ3n) is 8.96. The van der Waals surface area contributed by atoms with E-state index in [0.717, 1.165) is 42.7 Å². The van der Waals surface area contributed by atoms with E-state index in [2.05, 4.69) is 31.9 Å². The zero-order chi connectivity index (χ0) is 26.4. The predicted molar refractivity (Wildman–Crippen MR) is 144 cm³/mol. The predicted octanol–water partition coefficient (Wildman–Crippen LogP) is 4.38. The number of piperidine rings is 1. The molecular weight excluding hydrogens is 481 g/mol. The number of para-hydroxylation sites is 1. The first-order chi connectivity index (χ1) is 18.4. The maximum Gasteiger partial charge on any atom is 0.227 e. The molecular formula is C30H36FN5O2. The molecule has 6 rings (SSSR count). The van der Waals surface area contributed by atoms with Crippen molar-refractivity contribution in [2.24, 2.45) is 5.92 Å². The van der Waals surface area contributed by atoms with Crippen LogP contribution in [0.3, 0.4) is 0 Å². The van der Waals surface area contributed by atoms with Crippen LogP contribution in [0.4, 0.5) is 4.39 Å². The molecule has 0 spiro atoms. The molecule has 7 nitrogen and oxygen atoms in total. The lowest BCUT2D eigenvalue weighted by Gasteiger charge is -2.41. The highest BCUT2D eigenvalue weighted by Crippen LogP contribution is 2.43. The highest BCUT2D eigenvalue weighted by atomic mass is 19.1. The van der Waals surface area contributed by atoms with E-state index < -0.39 is 0 Å². The van der Waals surface area contributed by atoms with Gasteiger partial charge in [0.15, 0.2) is 5.82 Å². The van der Waals surface area contributed by atoms with Gasteiger partial charge < -0.3 is 14.8 Å². The number of aromatic nitrogens is 2. The number of carbonyl (C=O) groups excluding carboxylic acids is 2. The van der Waals surface area contributed by atoms with Gasteiger partial charge in [0.25, 0.3) is 0 Å². The molecule has 3 aliphatic rings. The summed E-state index contributed by atoms with van der Waals surface area (Å²) in [6.45, 7) is 5.47. The Kier molecular flexibility index (Phi) is 6.68. The molecule has 0 radical (unpaired) electrons. The van der Waals surface area contributed by atoms with Gasteiger partial charge in [-0.15, -0.1) is 0 Å². The molecule has 8 heteroatoms. The fourth-order valence-electron chi connectivity index (χ4n) is 6.96. The molecule has 1 aromatic heterocycles. The van der Waals surface area contributed by atoms with E-state index in [1.807, 2.05) is 31.2 Å². The van der Waals surface area contributed by atoms with Crippen molar-refractivity contribution in [1.29, 1.82) is 0 Å². The quantitative estimate of drug-likeness (QED) is 0.505. The monoisotopic (exact) mass is 517 g/mol. The third kappa shape index (κ3) is 4.59. The van der Waals surface area contributed by atoms with Gasteiger partial charge in [0.1, 0.15) is 11.3 Å². The van der Waals surface area contributed by atoms with Gasteiger partial charge in [0.2, 0.25) is 11.8 Å². The topological polar surface area (TPSA) is 70.5 Å². The molecule has 0 saturated carbocycles. The van der Waals surface area contributed by atoms with Crippen LogP contribution in [0.25, 0.3) is 11.0 Å². The molecule has 4 atom stereocenters. The number of aryl methyl sites for hydroxylation is 1. The van der Waals surface area contributed by atoms with Gasteiger partial charge in [-0.3, -0.25) is 14.5 Å². The molecule has 0 aliphatic carbocycles. The maximum atomic E-state index is 14.4. The molecule has 38 heavy (non-hydrogen) atoms. The number of fused-ring (bicyclic) bond motifs is 3. The van der Waals surface area contributed by atoms with Gasteiger partial charge in [-0.25, -0.2) is 9.37 Å². The van der Waals surface area contributed by atoms with Crippen LogP contribution in [0.1, 0.15) is 62.5 Å². The van der Waals surface area contributed by atoms with E-state index in [0.29, 0.717) is 36.7 Å². The Labute approximate surface area is 223 Å². The molecule has 3 aliphatic heterocycles. The molecule has 2 aromatic carbocycles. The Morgan fingerprint density at radius 3 is 2.42 bits per heavy atom. The molecule has 200 valence electrons. The minimum atomic E-state index is -0.255. The Morgan fingerprint density at radius 1 is 1.03 bits per heavy atom.